The minimum absolute atomic E-state index is 0.0282. The number of methoxy groups -OCH3 is 1. The molecule has 0 saturated carbocycles. The second-order valence-electron chi connectivity index (χ2n) is 4.35. The fourth-order valence-electron chi connectivity index (χ4n) is 1.20. The predicted octanol–water partition coefficient (Wildman–Crippen LogP) is 2.28. The van der Waals surface area contributed by atoms with Gasteiger partial charge in [0.1, 0.15) is 6.10 Å². The summed E-state index contributed by atoms with van der Waals surface area (Å²) < 4.78 is 21.5. The quantitative estimate of drug-likeness (QED) is 0.376. The number of rotatable bonds is 13. The molecular formula is C14H28O4. The highest BCUT2D eigenvalue weighted by Crippen LogP contribution is 2.00. The lowest BCUT2D eigenvalue weighted by molar-refractivity contribution is -0.0480. The molecule has 2 atom stereocenters. The van der Waals surface area contributed by atoms with E-state index in [-0.39, 0.29) is 6.10 Å². The maximum atomic E-state index is 5.49. The zero-order valence-electron chi connectivity index (χ0n) is 12.0. The maximum absolute atomic E-state index is 5.49. The van der Waals surface area contributed by atoms with E-state index in [1.165, 1.54) is 0 Å². The smallest absolute Gasteiger partial charge is 0.104 e. The Morgan fingerprint density at radius 2 is 1.67 bits per heavy atom. The highest BCUT2D eigenvalue weighted by molar-refractivity contribution is 4.65. The van der Waals surface area contributed by atoms with Crippen LogP contribution in [0.3, 0.4) is 0 Å². The van der Waals surface area contributed by atoms with Crippen LogP contribution in [0.25, 0.3) is 0 Å². The first-order valence-corrected chi connectivity index (χ1v) is 6.61. The highest BCUT2D eigenvalue weighted by Gasteiger charge is 2.07. The van der Waals surface area contributed by atoms with Gasteiger partial charge in [-0.2, -0.15) is 0 Å². The van der Waals surface area contributed by atoms with Crippen LogP contribution in [-0.4, -0.2) is 52.9 Å². The molecule has 0 bridgehead atoms. The van der Waals surface area contributed by atoms with Gasteiger partial charge >= 0.3 is 0 Å². The zero-order chi connectivity index (χ0) is 13.6. The van der Waals surface area contributed by atoms with E-state index in [0.29, 0.717) is 39.0 Å². The Balaban J connectivity index is 3.36. The summed E-state index contributed by atoms with van der Waals surface area (Å²) in [5.41, 5.74) is 0. The summed E-state index contributed by atoms with van der Waals surface area (Å²) in [5.74, 6) is 0.615. The fourth-order valence-corrected chi connectivity index (χ4v) is 1.20. The van der Waals surface area contributed by atoms with E-state index in [2.05, 4.69) is 20.4 Å². The Morgan fingerprint density at radius 1 is 1.06 bits per heavy atom. The second kappa shape index (κ2) is 13.0. The van der Waals surface area contributed by atoms with Gasteiger partial charge < -0.3 is 18.9 Å². The van der Waals surface area contributed by atoms with Crippen molar-refractivity contribution >= 4 is 0 Å². The van der Waals surface area contributed by atoms with Gasteiger partial charge in [-0.1, -0.05) is 26.3 Å². The van der Waals surface area contributed by atoms with Gasteiger partial charge in [0.25, 0.3) is 0 Å². The van der Waals surface area contributed by atoms with Crippen molar-refractivity contribution in [3.05, 3.63) is 12.7 Å². The molecule has 0 aliphatic rings. The third-order valence-corrected chi connectivity index (χ3v) is 2.65. The van der Waals surface area contributed by atoms with Gasteiger partial charge in [0.05, 0.1) is 33.0 Å². The summed E-state index contributed by atoms with van der Waals surface area (Å²) in [5, 5.41) is 0. The van der Waals surface area contributed by atoms with Crippen molar-refractivity contribution in [2.75, 3.05) is 46.8 Å². The molecule has 108 valence electrons. The molecule has 0 fully saturated rings. The average molecular weight is 260 g/mol. The van der Waals surface area contributed by atoms with E-state index >= 15 is 0 Å². The van der Waals surface area contributed by atoms with E-state index in [1.54, 1.807) is 13.2 Å². The molecule has 0 amide bonds. The van der Waals surface area contributed by atoms with Crippen LogP contribution < -0.4 is 0 Å². The molecule has 0 aromatic rings. The van der Waals surface area contributed by atoms with Crippen LogP contribution in [0.1, 0.15) is 20.3 Å². The van der Waals surface area contributed by atoms with E-state index in [0.717, 1.165) is 13.0 Å². The third kappa shape index (κ3) is 10.7. The van der Waals surface area contributed by atoms with E-state index in [4.69, 9.17) is 18.9 Å². The van der Waals surface area contributed by atoms with Gasteiger partial charge in [0, 0.05) is 13.7 Å². The Hall–Kier alpha value is -0.420. The molecule has 0 aliphatic heterocycles. The Labute approximate surface area is 111 Å². The Kier molecular flexibility index (Phi) is 12.7. The van der Waals surface area contributed by atoms with E-state index < -0.39 is 0 Å². The summed E-state index contributed by atoms with van der Waals surface area (Å²) in [7, 11) is 1.66. The van der Waals surface area contributed by atoms with Crippen LogP contribution in [0, 0.1) is 5.92 Å². The van der Waals surface area contributed by atoms with Gasteiger partial charge in [0.15, 0.2) is 0 Å². The van der Waals surface area contributed by atoms with Crippen LogP contribution in [0.2, 0.25) is 0 Å². The minimum atomic E-state index is -0.0282. The molecule has 0 saturated heterocycles. The second-order valence-corrected chi connectivity index (χ2v) is 4.35. The first-order valence-electron chi connectivity index (χ1n) is 6.61. The molecule has 0 N–H and O–H groups in total. The molecule has 0 aromatic heterocycles. The normalized spacial score (nSPS) is 14.4. The SMILES string of the molecule is C=CCOCC(COCCOCC(C)CC)OC. The summed E-state index contributed by atoms with van der Waals surface area (Å²) in [4.78, 5) is 0. The van der Waals surface area contributed by atoms with Crippen molar-refractivity contribution in [1.29, 1.82) is 0 Å². The topological polar surface area (TPSA) is 36.9 Å². The number of hydrogen-bond donors (Lipinski definition) is 0. The molecule has 0 radical (unpaired) electrons. The highest BCUT2D eigenvalue weighted by atomic mass is 16.6. The van der Waals surface area contributed by atoms with Crippen LogP contribution in [0.4, 0.5) is 0 Å². The van der Waals surface area contributed by atoms with Crippen molar-refractivity contribution in [2.24, 2.45) is 5.92 Å². The fraction of sp³-hybridized carbons (Fsp3) is 0.857. The predicted molar refractivity (Wildman–Crippen MR) is 72.9 cm³/mol. The van der Waals surface area contributed by atoms with Crippen molar-refractivity contribution in [1.82, 2.24) is 0 Å². The molecule has 0 heterocycles. The maximum Gasteiger partial charge on any atom is 0.104 e. The van der Waals surface area contributed by atoms with Gasteiger partial charge in [-0.15, -0.1) is 6.58 Å². The molecule has 0 aliphatic carbocycles. The minimum Gasteiger partial charge on any atom is -0.379 e. The lowest BCUT2D eigenvalue weighted by Crippen LogP contribution is -2.25. The molecule has 18 heavy (non-hydrogen) atoms. The van der Waals surface area contributed by atoms with Gasteiger partial charge in [-0.05, 0) is 5.92 Å². The first-order chi connectivity index (χ1) is 8.74. The molecule has 2 unspecified atom stereocenters. The number of hydrogen-bond acceptors (Lipinski definition) is 4. The zero-order valence-corrected chi connectivity index (χ0v) is 12.0. The lowest BCUT2D eigenvalue weighted by Gasteiger charge is -2.15. The summed E-state index contributed by atoms with van der Waals surface area (Å²) in [6, 6.07) is 0. The lowest BCUT2D eigenvalue weighted by atomic mass is 10.1. The van der Waals surface area contributed by atoms with Crippen LogP contribution >= 0.6 is 0 Å². The molecule has 0 spiro atoms. The molecule has 4 heteroatoms. The van der Waals surface area contributed by atoms with Crippen LogP contribution in [-0.2, 0) is 18.9 Å². The monoisotopic (exact) mass is 260 g/mol. The summed E-state index contributed by atoms with van der Waals surface area (Å²) >= 11 is 0. The van der Waals surface area contributed by atoms with Crippen LogP contribution in [0.5, 0.6) is 0 Å². The molecule has 0 rings (SSSR count). The number of ether oxygens (including phenoxy) is 4. The largest absolute Gasteiger partial charge is 0.379 e. The molecule has 4 nitrogen and oxygen atoms in total. The molecule has 0 aromatic carbocycles. The average Bonchev–Trinajstić information content (AvgIpc) is 2.40. The van der Waals surface area contributed by atoms with Gasteiger partial charge in [-0.25, -0.2) is 0 Å². The van der Waals surface area contributed by atoms with Crippen molar-refractivity contribution in [3.8, 4) is 0 Å². The van der Waals surface area contributed by atoms with Crippen molar-refractivity contribution in [2.45, 2.75) is 26.4 Å². The summed E-state index contributed by atoms with van der Waals surface area (Å²) in [6.07, 6.45) is 2.84. The van der Waals surface area contributed by atoms with E-state index in [1.807, 2.05) is 0 Å². The Bertz CT molecular complexity index is 185. The van der Waals surface area contributed by atoms with Crippen molar-refractivity contribution in [3.63, 3.8) is 0 Å². The Morgan fingerprint density at radius 3 is 2.22 bits per heavy atom. The standard InChI is InChI=1S/C14H28O4/c1-5-7-16-11-14(15-4)12-18-9-8-17-10-13(3)6-2/h5,13-14H,1,6-12H2,2-4H3. The van der Waals surface area contributed by atoms with Gasteiger partial charge in [-0.3, -0.25) is 0 Å². The third-order valence-electron chi connectivity index (χ3n) is 2.65. The van der Waals surface area contributed by atoms with Crippen molar-refractivity contribution < 1.29 is 18.9 Å². The van der Waals surface area contributed by atoms with Crippen LogP contribution in [0.15, 0.2) is 12.7 Å². The molecular weight excluding hydrogens is 232 g/mol. The first kappa shape index (κ1) is 17.6. The summed E-state index contributed by atoms with van der Waals surface area (Å²) in [6.45, 7) is 11.6. The van der Waals surface area contributed by atoms with Gasteiger partial charge in [0.2, 0.25) is 0 Å². The van der Waals surface area contributed by atoms with E-state index in [9.17, 15) is 0 Å².